The highest BCUT2D eigenvalue weighted by molar-refractivity contribution is 6.32. The van der Waals surface area contributed by atoms with E-state index in [0.717, 1.165) is 41.0 Å². The first-order valence-corrected chi connectivity index (χ1v) is 9.64. The maximum Gasteiger partial charge on any atom is 0.139 e. The highest BCUT2D eigenvalue weighted by atomic mass is 35.5. The van der Waals surface area contributed by atoms with E-state index in [1.54, 1.807) is 13.3 Å². The van der Waals surface area contributed by atoms with E-state index >= 15 is 0 Å². The van der Waals surface area contributed by atoms with Crippen molar-refractivity contribution in [2.45, 2.75) is 32.8 Å². The van der Waals surface area contributed by atoms with Crippen LogP contribution >= 0.6 is 11.6 Å². The Hall–Kier alpha value is -2.57. The molecule has 0 aliphatic carbocycles. The van der Waals surface area contributed by atoms with Crippen LogP contribution in [-0.2, 0) is 17.6 Å². The Morgan fingerprint density at radius 3 is 2.89 bits per heavy atom. The Kier molecular flexibility index (Phi) is 5.00. The van der Waals surface area contributed by atoms with E-state index in [9.17, 15) is 0 Å². The Morgan fingerprint density at radius 2 is 2.14 bits per heavy atom. The zero-order valence-electron chi connectivity index (χ0n) is 16.2. The van der Waals surface area contributed by atoms with Crippen molar-refractivity contribution >= 4 is 17.4 Å². The number of methoxy groups -OCH3 is 1. The SMILES string of the molecule is COc1cc(-n2nc(-c3cnc(N)c(C)c3)c3c2C[C@@H](C)OCC3)ccc1Cl. The van der Waals surface area contributed by atoms with Gasteiger partial charge in [0.15, 0.2) is 0 Å². The molecule has 3 aromatic rings. The minimum atomic E-state index is 0.116. The first kappa shape index (κ1) is 18.8. The van der Waals surface area contributed by atoms with Crippen LogP contribution in [0.4, 0.5) is 5.82 Å². The lowest BCUT2D eigenvalue weighted by Crippen LogP contribution is -2.13. The lowest BCUT2D eigenvalue weighted by molar-refractivity contribution is 0.0735. The molecule has 0 unspecified atom stereocenters. The molecule has 2 aromatic heterocycles. The molecular weight excluding hydrogens is 376 g/mol. The molecule has 1 aromatic carbocycles. The van der Waals surface area contributed by atoms with Gasteiger partial charge in [0.05, 0.1) is 41.9 Å². The van der Waals surface area contributed by atoms with Crippen LogP contribution in [0.5, 0.6) is 5.75 Å². The number of rotatable bonds is 3. The number of nitrogens with zero attached hydrogens (tertiary/aromatic N) is 3. The first-order chi connectivity index (χ1) is 13.5. The van der Waals surface area contributed by atoms with Crippen LogP contribution in [0.2, 0.25) is 5.02 Å². The Labute approximate surface area is 169 Å². The van der Waals surface area contributed by atoms with Crippen LogP contribution < -0.4 is 10.5 Å². The summed E-state index contributed by atoms with van der Waals surface area (Å²) in [4.78, 5) is 4.32. The number of hydrogen-bond donors (Lipinski definition) is 1. The molecule has 0 amide bonds. The number of hydrogen-bond acceptors (Lipinski definition) is 5. The van der Waals surface area contributed by atoms with E-state index in [-0.39, 0.29) is 6.10 Å². The van der Waals surface area contributed by atoms with E-state index < -0.39 is 0 Å². The van der Waals surface area contributed by atoms with E-state index in [1.165, 1.54) is 5.56 Å². The van der Waals surface area contributed by atoms with Crippen LogP contribution in [0.3, 0.4) is 0 Å². The molecule has 0 saturated heterocycles. The van der Waals surface area contributed by atoms with Gasteiger partial charge in [-0.3, -0.25) is 0 Å². The second-order valence-corrected chi connectivity index (χ2v) is 7.47. The van der Waals surface area contributed by atoms with Crippen molar-refractivity contribution in [2.24, 2.45) is 0 Å². The molecule has 1 aliphatic rings. The van der Waals surface area contributed by atoms with Gasteiger partial charge in [-0.25, -0.2) is 9.67 Å². The molecule has 2 N–H and O–H groups in total. The maximum atomic E-state index is 6.22. The third-order valence-corrected chi connectivity index (χ3v) is 5.41. The lowest BCUT2D eigenvalue weighted by atomic mass is 10.0. The Balaban J connectivity index is 1.92. The molecule has 0 fully saturated rings. The number of pyridine rings is 1. The molecule has 6 nitrogen and oxygen atoms in total. The van der Waals surface area contributed by atoms with Gasteiger partial charge in [0, 0.05) is 29.8 Å². The number of fused-ring (bicyclic) bond motifs is 1. The highest BCUT2D eigenvalue weighted by Gasteiger charge is 2.25. The standard InChI is InChI=1S/C21H23ClN4O2/c1-12-8-14(11-24-21(12)23)20-16-6-7-28-13(2)9-18(16)26(25-20)15-4-5-17(22)19(10-15)27-3/h4-5,8,10-11,13H,6-7,9H2,1-3H3,(H2,23,24)/t13-/m1/s1. The molecule has 0 spiro atoms. The largest absolute Gasteiger partial charge is 0.495 e. The van der Waals surface area contributed by atoms with Gasteiger partial charge in [-0.15, -0.1) is 0 Å². The molecule has 3 heterocycles. The summed E-state index contributed by atoms with van der Waals surface area (Å²) >= 11 is 6.22. The summed E-state index contributed by atoms with van der Waals surface area (Å²) in [6.07, 6.45) is 3.47. The molecule has 4 rings (SSSR count). The van der Waals surface area contributed by atoms with Gasteiger partial charge >= 0.3 is 0 Å². The minimum absolute atomic E-state index is 0.116. The van der Waals surface area contributed by atoms with Gasteiger partial charge in [-0.1, -0.05) is 11.6 Å². The van der Waals surface area contributed by atoms with Crippen LogP contribution in [0, 0.1) is 6.92 Å². The van der Waals surface area contributed by atoms with Crippen molar-refractivity contribution in [1.29, 1.82) is 0 Å². The average molecular weight is 399 g/mol. The van der Waals surface area contributed by atoms with Crippen LogP contribution in [0.15, 0.2) is 30.5 Å². The van der Waals surface area contributed by atoms with Crippen molar-refractivity contribution in [3.05, 3.63) is 52.3 Å². The molecule has 0 bridgehead atoms. The fourth-order valence-electron chi connectivity index (χ4n) is 3.59. The smallest absolute Gasteiger partial charge is 0.139 e. The topological polar surface area (TPSA) is 75.2 Å². The van der Waals surface area contributed by atoms with Crippen molar-refractivity contribution in [3.8, 4) is 22.7 Å². The Bertz CT molecular complexity index is 1030. The van der Waals surface area contributed by atoms with Gasteiger partial charge in [-0.05, 0) is 44.0 Å². The summed E-state index contributed by atoms with van der Waals surface area (Å²) in [6, 6.07) is 7.72. The second-order valence-electron chi connectivity index (χ2n) is 7.07. The summed E-state index contributed by atoms with van der Waals surface area (Å²) in [6.45, 7) is 4.71. The number of nitrogens with two attached hydrogens (primary N) is 1. The quantitative estimate of drug-likeness (QED) is 0.721. The van der Waals surface area contributed by atoms with E-state index in [4.69, 9.17) is 31.9 Å². The van der Waals surface area contributed by atoms with Gasteiger partial charge in [0.2, 0.25) is 0 Å². The minimum Gasteiger partial charge on any atom is -0.495 e. The molecule has 28 heavy (non-hydrogen) atoms. The van der Waals surface area contributed by atoms with Crippen LogP contribution in [0.1, 0.15) is 23.7 Å². The number of halogens is 1. The van der Waals surface area contributed by atoms with Crippen LogP contribution in [0.25, 0.3) is 16.9 Å². The second kappa shape index (κ2) is 7.45. The van der Waals surface area contributed by atoms with E-state index in [0.29, 0.717) is 23.2 Å². The van der Waals surface area contributed by atoms with Gasteiger partial charge < -0.3 is 15.2 Å². The molecule has 146 valence electrons. The van der Waals surface area contributed by atoms with Crippen LogP contribution in [-0.4, -0.2) is 34.6 Å². The number of aromatic nitrogens is 3. The molecule has 1 aliphatic heterocycles. The predicted octanol–water partition coefficient (Wildman–Crippen LogP) is 3.99. The third-order valence-electron chi connectivity index (χ3n) is 5.10. The number of nitrogen functional groups attached to an aromatic ring is 1. The van der Waals surface area contributed by atoms with Gasteiger partial charge in [0.1, 0.15) is 11.6 Å². The first-order valence-electron chi connectivity index (χ1n) is 9.26. The molecule has 7 heteroatoms. The summed E-state index contributed by atoms with van der Waals surface area (Å²) in [5.74, 6) is 1.15. The van der Waals surface area contributed by atoms with Crippen molar-refractivity contribution < 1.29 is 9.47 Å². The van der Waals surface area contributed by atoms with E-state index in [2.05, 4.69) is 11.9 Å². The van der Waals surface area contributed by atoms with Crippen molar-refractivity contribution in [2.75, 3.05) is 19.5 Å². The third kappa shape index (κ3) is 3.34. The fourth-order valence-corrected chi connectivity index (χ4v) is 3.79. The number of anilines is 1. The maximum absolute atomic E-state index is 6.22. The summed E-state index contributed by atoms with van der Waals surface area (Å²) in [5.41, 5.74) is 11.9. The summed E-state index contributed by atoms with van der Waals surface area (Å²) in [7, 11) is 1.61. The number of ether oxygens (including phenoxy) is 2. The summed E-state index contributed by atoms with van der Waals surface area (Å²) < 4.78 is 13.3. The monoisotopic (exact) mass is 398 g/mol. The van der Waals surface area contributed by atoms with Crippen molar-refractivity contribution in [1.82, 2.24) is 14.8 Å². The van der Waals surface area contributed by atoms with E-state index in [1.807, 2.05) is 35.9 Å². The molecule has 1 atom stereocenters. The zero-order valence-corrected chi connectivity index (χ0v) is 17.0. The number of benzene rings is 1. The molecule has 0 radical (unpaired) electrons. The highest BCUT2D eigenvalue weighted by Crippen LogP contribution is 2.33. The summed E-state index contributed by atoms with van der Waals surface area (Å²) in [5, 5.41) is 5.54. The van der Waals surface area contributed by atoms with Gasteiger partial charge in [-0.2, -0.15) is 5.10 Å². The average Bonchev–Trinajstić information content (AvgIpc) is 2.91. The van der Waals surface area contributed by atoms with Gasteiger partial charge in [0.25, 0.3) is 0 Å². The zero-order chi connectivity index (χ0) is 19.8. The lowest BCUT2D eigenvalue weighted by Gasteiger charge is -2.12. The molecule has 0 saturated carbocycles. The normalized spacial score (nSPS) is 16.5. The van der Waals surface area contributed by atoms with Crippen molar-refractivity contribution in [3.63, 3.8) is 0 Å². The predicted molar refractivity (Wildman–Crippen MR) is 110 cm³/mol. The fraction of sp³-hybridized carbons (Fsp3) is 0.333. The Morgan fingerprint density at radius 1 is 1.32 bits per heavy atom. The number of aryl methyl sites for hydroxylation is 1. The molecular formula is C21H23ClN4O2.